The van der Waals surface area contributed by atoms with E-state index in [9.17, 15) is 13.2 Å². The van der Waals surface area contributed by atoms with Crippen molar-refractivity contribution in [2.75, 3.05) is 18.0 Å². The first-order chi connectivity index (χ1) is 15.0. The van der Waals surface area contributed by atoms with Crippen LogP contribution in [0.1, 0.15) is 24.8 Å². The first-order valence-electron chi connectivity index (χ1n) is 10.3. The Labute approximate surface area is 182 Å². The van der Waals surface area contributed by atoms with Crippen molar-refractivity contribution < 1.29 is 13.2 Å². The molecule has 31 heavy (non-hydrogen) atoms. The van der Waals surface area contributed by atoms with Gasteiger partial charge in [-0.05, 0) is 60.0 Å². The van der Waals surface area contributed by atoms with Gasteiger partial charge in [-0.2, -0.15) is 13.2 Å². The molecular formula is C24H20F3N3S. The fourth-order valence-corrected chi connectivity index (χ4v) is 4.86. The highest BCUT2D eigenvalue weighted by Crippen LogP contribution is 2.35. The van der Waals surface area contributed by atoms with Gasteiger partial charge in [-0.15, -0.1) is 11.3 Å². The van der Waals surface area contributed by atoms with Crippen molar-refractivity contribution in [2.45, 2.75) is 25.4 Å². The third kappa shape index (κ3) is 4.02. The Kier molecular flexibility index (Phi) is 5.14. The van der Waals surface area contributed by atoms with Gasteiger partial charge in [0, 0.05) is 18.7 Å². The van der Waals surface area contributed by atoms with Crippen LogP contribution in [0.4, 0.5) is 19.0 Å². The fourth-order valence-electron chi connectivity index (χ4n) is 4.01. The predicted molar refractivity (Wildman–Crippen MR) is 119 cm³/mol. The molecule has 1 saturated heterocycles. The molecule has 3 heterocycles. The summed E-state index contributed by atoms with van der Waals surface area (Å²) < 4.78 is 40.5. The topological polar surface area (TPSA) is 29.0 Å². The SMILES string of the molecule is FC(F)(F)c1cccc(-c2cccc(-c3nc(N4CCCCC4)c4sccc4n3)c2)c1. The van der Waals surface area contributed by atoms with E-state index < -0.39 is 11.7 Å². The number of hydrogen-bond acceptors (Lipinski definition) is 4. The van der Waals surface area contributed by atoms with Crippen molar-refractivity contribution in [1.82, 2.24) is 9.97 Å². The second-order valence-corrected chi connectivity index (χ2v) is 8.63. The van der Waals surface area contributed by atoms with E-state index in [-0.39, 0.29) is 0 Å². The van der Waals surface area contributed by atoms with Crippen LogP contribution in [0.25, 0.3) is 32.7 Å². The summed E-state index contributed by atoms with van der Waals surface area (Å²) in [5.74, 6) is 1.56. The van der Waals surface area contributed by atoms with Crippen LogP contribution in [0.15, 0.2) is 60.0 Å². The summed E-state index contributed by atoms with van der Waals surface area (Å²) in [6, 6.07) is 14.8. The van der Waals surface area contributed by atoms with E-state index in [0.29, 0.717) is 17.0 Å². The third-order valence-electron chi connectivity index (χ3n) is 5.59. The second kappa shape index (κ2) is 7.96. The molecule has 0 bridgehead atoms. The highest BCUT2D eigenvalue weighted by atomic mass is 32.1. The lowest BCUT2D eigenvalue weighted by Crippen LogP contribution is -2.30. The van der Waals surface area contributed by atoms with Crippen LogP contribution in [0.3, 0.4) is 0 Å². The van der Waals surface area contributed by atoms with E-state index >= 15 is 0 Å². The van der Waals surface area contributed by atoms with Gasteiger partial charge >= 0.3 is 6.18 Å². The quantitative estimate of drug-likeness (QED) is 0.343. The zero-order valence-electron chi connectivity index (χ0n) is 16.7. The molecule has 1 aliphatic heterocycles. The minimum atomic E-state index is -4.37. The molecule has 7 heteroatoms. The predicted octanol–water partition coefficient (Wildman–Crippen LogP) is 7.03. The third-order valence-corrected chi connectivity index (χ3v) is 6.48. The highest BCUT2D eigenvalue weighted by Gasteiger charge is 2.30. The Hall–Kier alpha value is -2.93. The van der Waals surface area contributed by atoms with Gasteiger partial charge in [0.1, 0.15) is 0 Å². The molecule has 3 nitrogen and oxygen atoms in total. The maximum Gasteiger partial charge on any atom is 0.416 e. The summed E-state index contributed by atoms with van der Waals surface area (Å²) in [5, 5.41) is 2.02. The van der Waals surface area contributed by atoms with Gasteiger partial charge in [0.05, 0.1) is 15.8 Å². The average molecular weight is 440 g/mol. The Morgan fingerprint density at radius 1 is 0.806 bits per heavy atom. The van der Waals surface area contributed by atoms with Crippen LogP contribution in [0.5, 0.6) is 0 Å². The molecule has 1 aliphatic rings. The van der Waals surface area contributed by atoms with E-state index in [2.05, 4.69) is 4.90 Å². The van der Waals surface area contributed by atoms with Gasteiger partial charge in [0.15, 0.2) is 11.6 Å². The number of nitrogens with zero attached hydrogens (tertiary/aromatic N) is 3. The zero-order chi connectivity index (χ0) is 21.4. The lowest BCUT2D eigenvalue weighted by Gasteiger charge is -2.28. The molecule has 1 fully saturated rings. The second-order valence-electron chi connectivity index (χ2n) is 7.71. The van der Waals surface area contributed by atoms with Crippen LogP contribution in [-0.4, -0.2) is 23.1 Å². The van der Waals surface area contributed by atoms with Crippen molar-refractivity contribution in [3.05, 3.63) is 65.5 Å². The molecule has 158 valence electrons. The smallest absolute Gasteiger partial charge is 0.355 e. The molecule has 0 spiro atoms. The van der Waals surface area contributed by atoms with Gasteiger partial charge in [-0.3, -0.25) is 0 Å². The molecule has 4 aromatic rings. The molecule has 2 aromatic heterocycles. The van der Waals surface area contributed by atoms with Crippen molar-refractivity contribution in [2.24, 2.45) is 0 Å². The lowest BCUT2D eigenvalue weighted by molar-refractivity contribution is -0.137. The van der Waals surface area contributed by atoms with Crippen molar-refractivity contribution in [3.63, 3.8) is 0 Å². The summed E-state index contributed by atoms with van der Waals surface area (Å²) in [6.45, 7) is 1.96. The van der Waals surface area contributed by atoms with E-state index in [4.69, 9.17) is 9.97 Å². The number of anilines is 1. The van der Waals surface area contributed by atoms with Gasteiger partial charge in [-0.25, -0.2) is 9.97 Å². The first kappa shape index (κ1) is 20.0. The fraction of sp³-hybridized carbons (Fsp3) is 0.250. The van der Waals surface area contributed by atoms with Crippen LogP contribution in [0, 0.1) is 0 Å². The number of alkyl halides is 3. The zero-order valence-corrected chi connectivity index (χ0v) is 17.5. The summed E-state index contributed by atoms with van der Waals surface area (Å²) >= 11 is 1.64. The maximum atomic E-state index is 13.1. The Bertz CT molecular complexity index is 1230. The number of halogens is 3. The molecule has 0 N–H and O–H groups in total. The Balaban J connectivity index is 1.57. The Morgan fingerprint density at radius 3 is 2.29 bits per heavy atom. The van der Waals surface area contributed by atoms with E-state index in [1.54, 1.807) is 17.4 Å². The van der Waals surface area contributed by atoms with Gasteiger partial charge in [0.2, 0.25) is 0 Å². The highest BCUT2D eigenvalue weighted by molar-refractivity contribution is 7.17. The number of piperidine rings is 1. The normalized spacial score (nSPS) is 14.9. The summed E-state index contributed by atoms with van der Waals surface area (Å²) in [6.07, 6.45) is -0.834. The van der Waals surface area contributed by atoms with Crippen molar-refractivity contribution in [1.29, 1.82) is 0 Å². The van der Waals surface area contributed by atoms with E-state index in [0.717, 1.165) is 53.6 Å². The minimum Gasteiger partial charge on any atom is -0.355 e. The van der Waals surface area contributed by atoms with Gasteiger partial charge in [0.25, 0.3) is 0 Å². The average Bonchev–Trinajstić information content (AvgIpc) is 3.27. The minimum absolute atomic E-state index is 0.518. The molecule has 0 radical (unpaired) electrons. The molecule has 0 aliphatic carbocycles. The van der Waals surface area contributed by atoms with E-state index in [1.165, 1.54) is 18.6 Å². The van der Waals surface area contributed by atoms with E-state index in [1.807, 2.05) is 35.7 Å². The largest absolute Gasteiger partial charge is 0.416 e. The Morgan fingerprint density at radius 2 is 1.52 bits per heavy atom. The lowest BCUT2D eigenvalue weighted by atomic mass is 10.0. The molecule has 0 unspecified atom stereocenters. The van der Waals surface area contributed by atoms with Gasteiger partial charge < -0.3 is 4.90 Å². The summed E-state index contributed by atoms with van der Waals surface area (Å²) in [5.41, 5.74) is 2.27. The van der Waals surface area contributed by atoms with Crippen LogP contribution in [0.2, 0.25) is 0 Å². The molecule has 5 rings (SSSR count). The number of benzene rings is 2. The summed E-state index contributed by atoms with van der Waals surface area (Å²) in [4.78, 5) is 12.0. The number of fused-ring (bicyclic) bond motifs is 1. The number of thiophene rings is 1. The molecule has 0 atom stereocenters. The molecule has 0 amide bonds. The number of hydrogen-bond donors (Lipinski definition) is 0. The monoisotopic (exact) mass is 439 g/mol. The number of rotatable bonds is 3. The molecule has 0 saturated carbocycles. The summed E-state index contributed by atoms with van der Waals surface area (Å²) in [7, 11) is 0. The molecular weight excluding hydrogens is 419 g/mol. The van der Waals surface area contributed by atoms with Crippen LogP contribution in [-0.2, 0) is 6.18 Å². The van der Waals surface area contributed by atoms with Crippen LogP contribution < -0.4 is 4.90 Å². The van der Waals surface area contributed by atoms with Crippen molar-refractivity contribution in [3.8, 4) is 22.5 Å². The first-order valence-corrected chi connectivity index (χ1v) is 11.2. The maximum absolute atomic E-state index is 13.1. The molecule has 2 aromatic carbocycles. The number of aromatic nitrogens is 2. The standard InChI is InChI=1S/C24H20F3N3S/c25-24(26,27)19-9-5-7-17(15-19)16-6-4-8-18(14-16)22-28-20-10-13-31-21(20)23(29-22)30-11-2-1-3-12-30/h4-10,13-15H,1-3,11-12H2. The van der Waals surface area contributed by atoms with Crippen LogP contribution >= 0.6 is 11.3 Å². The van der Waals surface area contributed by atoms with Gasteiger partial charge in [-0.1, -0.05) is 30.3 Å². The van der Waals surface area contributed by atoms with Crippen molar-refractivity contribution >= 4 is 27.4 Å².